The number of hydrogen-bond donors (Lipinski definition) is 1. The Bertz CT molecular complexity index is 1020. The van der Waals surface area contributed by atoms with E-state index < -0.39 is 0 Å². The van der Waals surface area contributed by atoms with Gasteiger partial charge in [0, 0.05) is 17.2 Å². The first-order chi connectivity index (χ1) is 13.8. The summed E-state index contributed by atoms with van der Waals surface area (Å²) in [6.07, 6.45) is 0. The van der Waals surface area contributed by atoms with Gasteiger partial charge in [0.2, 0.25) is 0 Å². The Morgan fingerprint density at radius 1 is 0.714 bits per heavy atom. The number of rotatable bonds is 5. The van der Waals surface area contributed by atoms with E-state index in [1.165, 1.54) is 0 Å². The average molecular weight is 364 g/mol. The Kier molecular flexibility index (Phi) is 5.20. The van der Waals surface area contributed by atoms with Crippen LogP contribution in [-0.2, 0) is 0 Å². The van der Waals surface area contributed by atoms with Crippen LogP contribution in [-0.4, -0.2) is 15.7 Å². The third-order valence-electron chi connectivity index (χ3n) is 4.36. The van der Waals surface area contributed by atoms with E-state index in [0.717, 1.165) is 28.1 Å². The Balaban J connectivity index is 1.72. The minimum absolute atomic E-state index is 0.656. The van der Waals surface area contributed by atoms with E-state index in [4.69, 9.17) is 4.98 Å². The van der Waals surface area contributed by atoms with Gasteiger partial charge in [-0.1, -0.05) is 91.0 Å². The van der Waals surface area contributed by atoms with Crippen molar-refractivity contribution >= 4 is 11.5 Å². The van der Waals surface area contributed by atoms with Crippen molar-refractivity contribution in [3.8, 4) is 22.6 Å². The molecule has 0 radical (unpaired) electrons. The van der Waals surface area contributed by atoms with Crippen LogP contribution in [0.1, 0.15) is 12.5 Å². The Morgan fingerprint density at radius 2 is 1.29 bits per heavy atom. The maximum absolute atomic E-state index is 4.76. The molecule has 4 rings (SSSR count). The van der Waals surface area contributed by atoms with Crippen LogP contribution in [0.2, 0.25) is 0 Å². The van der Waals surface area contributed by atoms with Crippen LogP contribution in [0.5, 0.6) is 0 Å². The number of nitrogens with one attached hydrogen (secondary N) is 1. The van der Waals surface area contributed by atoms with Crippen molar-refractivity contribution in [3.63, 3.8) is 0 Å². The van der Waals surface area contributed by atoms with Gasteiger partial charge in [-0.2, -0.15) is 5.10 Å². The first-order valence-corrected chi connectivity index (χ1v) is 9.15. The van der Waals surface area contributed by atoms with E-state index in [-0.39, 0.29) is 0 Å². The van der Waals surface area contributed by atoms with Crippen molar-refractivity contribution in [2.75, 3.05) is 5.43 Å². The standard InChI is InChI=1S/C24H20N4/c1-18(19-11-5-2-6-12-19)27-28-23-17-22(20-13-7-3-8-14-20)25-24(26-23)21-15-9-4-10-16-21/h2-17H,1H3,(H,25,26,28). The second-order valence-corrected chi connectivity index (χ2v) is 6.37. The van der Waals surface area contributed by atoms with Gasteiger partial charge < -0.3 is 0 Å². The summed E-state index contributed by atoms with van der Waals surface area (Å²) in [5.74, 6) is 1.32. The number of nitrogens with zero attached hydrogens (tertiary/aromatic N) is 3. The zero-order valence-corrected chi connectivity index (χ0v) is 15.6. The van der Waals surface area contributed by atoms with Crippen molar-refractivity contribution in [2.24, 2.45) is 5.10 Å². The second-order valence-electron chi connectivity index (χ2n) is 6.37. The zero-order valence-electron chi connectivity index (χ0n) is 15.6. The highest BCUT2D eigenvalue weighted by Gasteiger charge is 2.08. The van der Waals surface area contributed by atoms with E-state index >= 15 is 0 Å². The molecular formula is C24H20N4. The molecule has 4 heteroatoms. The fourth-order valence-electron chi connectivity index (χ4n) is 2.86. The Morgan fingerprint density at radius 3 is 1.93 bits per heavy atom. The smallest absolute Gasteiger partial charge is 0.162 e. The first kappa shape index (κ1) is 17.6. The molecule has 0 aliphatic carbocycles. The lowest BCUT2D eigenvalue weighted by atomic mass is 10.1. The summed E-state index contributed by atoms with van der Waals surface area (Å²) < 4.78 is 0. The third-order valence-corrected chi connectivity index (χ3v) is 4.36. The molecule has 0 bridgehead atoms. The maximum atomic E-state index is 4.76. The summed E-state index contributed by atoms with van der Waals surface area (Å²) in [7, 11) is 0. The molecule has 0 aliphatic rings. The predicted octanol–water partition coefficient (Wildman–Crippen LogP) is 5.65. The van der Waals surface area contributed by atoms with E-state index in [1.54, 1.807) is 0 Å². The van der Waals surface area contributed by atoms with Gasteiger partial charge in [-0.15, -0.1) is 0 Å². The molecule has 3 aromatic carbocycles. The normalized spacial score (nSPS) is 11.2. The van der Waals surface area contributed by atoms with Gasteiger partial charge in [0.1, 0.15) is 0 Å². The lowest BCUT2D eigenvalue weighted by molar-refractivity contribution is 1.15. The number of benzene rings is 3. The number of aromatic nitrogens is 2. The molecule has 0 fully saturated rings. The summed E-state index contributed by atoms with van der Waals surface area (Å²) in [6, 6.07) is 32.0. The molecule has 4 aromatic rings. The van der Waals surface area contributed by atoms with Crippen LogP contribution in [0.25, 0.3) is 22.6 Å². The highest BCUT2D eigenvalue weighted by atomic mass is 15.3. The largest absolute Gasteiger partial charge is 0.261 e. The predicted molar refractivity (Wildman–Crippen MR) is 115 cm³/mol. The maximum Gasteiger partial charge on any atom is 0.162 e. The van der Waals surface area contributed by atoms with Crippen LogP contribution in [0.15, 0.2) is 102 Å². The quantitative estimate of drug-likeness (QED) is 0.368. The molecule has 1 heterocycles. The molecular weight excluding hydrogens is 344 g/mol. The van der Waals surface area contributed by atoms with E-state index in [2.05, 4.69) is 15.5 Å². The van der Waals surface area contributed by atoms with Crippen molar-refractivity contribution < 1.29 is 0 Å². The summed E-state index contributed by atoms with van der Waals surface area (Å²) in [5, 5.41) is 4.51. The van der Waals surface area contributed by atoms with Crippen LogP contribution in [0.3, 0.4) is 0 Å². The summed E-state index contributed by atoms with van der Waals surface area (Å²) in [4.78, 5) is 9.43. The first-order valence-electron chi connectivity index (χ1n) is 9.15. The van der Waals surface area contributed by atoms with Gasteiger partial charge in [-0.3, -0.25) is 5.43 Å². The third kappa shape index (κ3) is 4.13. The molecule has 0 amide bonds. The van der Waals surface area contributed by atoms with Gasteiger partial charge >= 0.3 is 0 Å². The summed E-state index contributed by atoms with van der Waals surface area (Å²) >= 11 is 0. The lowest BCUT2D eigenvalue weighted by Gasteiger charge is -2.09. The molecule has 4 nitrogen and oxygen atoms in total. The van der Waals surface area contributed by atoms with Gasteiger partial charge in [-0.25, -0.2) is 9.97 Å². The monoisotopic (exact) mass is 364 g/mol. The van der Waals surface area contributed by atoms with Gasteiger partial charge in [0.05, 0.1) is 11.4 Å². The highest BCUT2D eigenvalue weighted by molar-refractivity contribution is 5.99. The van der Waals surface area contributed by atoms with Crippen molar-refractivity contribution in [1.82, 2.24) is 9.97 Å². The SMILES string of the molecule is CC(=NNc1cc(-c2ccccc2)nc(-c2ccccc2)n1)c1ccccc1. The van der Waals surface area contributed by atoms with Crippen molar-refractivity contribution in [3.05, 3.63) is 103 Å². The topological polar surface area (TPSA) is 50.2 Å². The minimum atomic E-state index is 0.656. The van der Waals surface area contributed by atoms with E-state index in [1.807, 2.05) is 104 Å². The van der Waals surface area contributed by atoms with Gasteiger partial charge in [-0.05, 0) is 12.5 Å². The highest BCUT2D eigenvalue weighted by Crippen LogP contribution is 2.24. The Hall–Kier alpha value is -3.79. The molecule has 0 unspecified atom stereocenters. The van der Waals surface area contributed by atoms with Crippen LogP contribution >= 0.6 is 0 Å². The minimum Gasteiger partial charge on any atom is -0.261 e. The molecule has 1 N–H and O–H groups in total. The molecule has 1 aromatic heterocycles. The van der Waals surface area contributed by atoms with Crippen LogP contribution in [0.4, 0.5) is 5.82 Å². The van der Waals surface area contributed by atoms with Crippen molar-refractivity contribution in [1.29, 1.82) is 0 Å². The Labute approximate surface area is 164 Å². The second kappa shape index (κ2) is 8.27. The van der Waals surface area contributed by atoms with Crippen LogP contribution < -0.4 is 5.43 Å². The van der Waals surface area contributed by atoms with Gasteiger partial charge in [0.15, 0.2) is 11.6 Å². The summed E-state index contributed by atoms with van der Waals surface area (Å²) in [5.41, 5.74) is 7.91. The zero-order chi connectivity index (χ0) is 19.2. The molecule has 0 spiro atoms. The van der Waals surface area contributed by atoms with E-state index in [9.17, 15) is 0 Å². The molecule has 0 saturated heterocycles. The number of hydrogen-bond acceptors (Lipinski definition) is 4. The van der Waals surface area contributed by atoms with Gasteiger partial charge in [0.25, 0.3) is 0 Å². The van der Waals surface area contributed by atoms with E-state index in [0.29, 0.717) is 11.6 Å². The molecule has 0 aliphatic heterocycles. The van der Waals surface area contributed by atoms with Crippen LogP contribution in [0, 0.1) is 0 Å². The number of anilines is 1. The summed E-state index contributed by atoms with van der Waals surface area (Å²) in [6.45, 7) is 1.97. The average Bonchev–Trinajstić information content (AvgIpc) is 2.79. The molecule has 28 heavy (non-hydrogen) atoms. The fourth-order valence-corrected chi connectivity index (χ4v) is 2.86. The lowest BCUT2D eigenvalue weighted by Crippen LogP contribution is -2.02. The number of hydrazone groups is 1. The fraction of sp³-hybridized carbons (Fsp3) is 0.0417. The molecule has 0 saturated carbocycles. The van der Waals surface area contributed by atoms with Crippen molar-refractivity contribution in [2.45, 2.75) is 6.92 Å². The molecule has 136 valence electrons. The molecule has 0 atom stereocenters.